The highest BCUT2D eigenvalue weighted by Gasteiger charge is 2.34. The van der Waals surface area contributed by atoms with Crippen LogP contribution < -0.4 is 4.74 Å². The summed E-state index contributed by atoms with van der Waals surface area (Å²) in [6.45, 7) is 7.50. The summed E-state index contributed by atoms with van der Waals surface area (Å²) in [7, 11) is 7.02. The second-order valence-corrected chi connectivity index (χ2v) is 14.2. The molecule has 0 fully saturated rings. The number of fused-ring (bicyclic) bond motifs is 3. The smallest absolute Gasteiger partial charge is 0.246 e. The predicted octanol–water partition coefficient (Wildman–Crippen LogP) is 6.50. The molecule has 10 nitrogen and oxygen atoms in total. The van der Waals surface area contributed by atoms with Crippen LogP contribution in [0.4, 0.5) is 8.78 Å². The van der Waals surface area contributed by atoms with Crippen molar-refractivity contribution in [3.8, 4) is 39.5 Å². The van der Waals surface area contributed by atoms with Crippen molar-refractivity contribution in [3.05, 3.63) is 89.0 Å². The lowest BCUT2D eigenvalue weighted by atomic mass is 9.89. The number of rotatable bonds is 9. The SMILES string of the molecule is C=CC(=O)N1CCn2nc(-c3nc(-c4ccc5c(c4)CCN(C)[C@H]5C(=O)N(C)C)c4ccsc4c3-c3c(F)cc(F)cc3OCCOC)cc2[C@H]1C. The lowest BCUT2D eigenvalue weighted by Crippen LogP contribution is -2.42. The minimum Gasteiger partial charge on any atom is -0.490 e. The highest BCUT2D eigenvalue weighted by molar-refractivity contribution is 7.18. The average Bonchev–Trinajstić information content (AvgIpc) is 3.79. The van der Waals surface area contributed by atoms with Crippen LogP contribution in [-0.2, 0) is 27.3 Å². The Kier molecular flexibility index (Phi) is 9.68. The number of halogens is 2. The number of ether oxygens (including phenoxy) is 2. The Hall–Kier alpha value is -4.98. The highest BCUT2D eigenvalue weighted by atomic mass is 32.1. The monoisotopic (exact) mass is 726 g/mol. The molecule has 2 atom stereocenters. The summed E-state index contributed by atoms with van der Waals surface area (Å²) in [4.78, 5) is 36.6. The molecule has 5 heterocycles. The maximum Gasteiger partial charge on any atom is 0.246 e. The first-order chi connectivity index (χ1) is 25.0. The molecule has 0 N–H and O–H groups in total. The number of aromatic nitrogens is 3. The largest absolute Gasteiger partial charge is 0.490 e. The molecule has 0 spiro atoms. The van der Waals surface area contributed by atoms with Gasteiger partial charge in [0.2, 0.25) is 11.8 Å². The second kappa shape index (κ2) is 14.2. The van der Waals surface area contributed by atoms with Crippen molar-refractivity contribution >= 4 is 33.2 Å². The molecular formula is C39H40F2N6O4S. The molecule has 0 bridgehead atoms. The molecule has 7 rings (SSSR count). The number of thiophene rings is 1. The molecule has 2 amide bonds. The van der Waals surface area contributed by atoms with E-state index in [4.69, 9.17) is 19.6 Å². The minimum absolute atomic E-state index is 0.0115. The number of likely N-dealkylation sites (N-methyl/N-ethyl adjacent to an activating group) is 2. The molecule has 0 saturated heterocycles. The van der Waals surface area contributed by atoms with Crippen molar-refractivity contribution in [2.75, 3.05) is 54.6 Å². The Balaban J connectivity index is 1.46. The molecule has 270 valence electrons. The van der Waals surface area contributed by atoms with E-state index in [9.17, 15) is 14.0 Å². The normalized spacial score (nSPS) is 17.2. The maximum absolute atomic E-state index is 16.2. The van der Waals surface area contributed by atoms with Crippen molar-refractivity contribution in [2.45, 2.75) is 32.0 Å². The van der Waals surface area contributed by atoms with Crippen LogP contribution in [0.15, 0.2) is 60.5 Å². The molecule has 2 aliphatic rings. The van der Waals surface area contributed by atoms with Gasteiger partial charge in [0.25, 0.3) is 0 Å². The van der Waals surface area contributed by atoms with Crippen LogP contribution in [0.1, 0.15) is 35.8 Å². The molecule has 2 aliphatic heterocycles. The van der Waals surface area contributed by atoms with Crippen molar-refractivity contribution in [1.29, 1.82) is 0 Å². The molecule has 52 heavy (non-hydrogen) atoms. The van der Waals surface area contributed by atoms with Crippen LogP contribution in [0.2, 0.25) is 0 Å². The van der Waals surface area contributed by atoms with Crippen LogP contribution in [-0.4, -0.2) is 95.8 Å². The van der Waals surface area contributed by atoms with Gasteiger partial charge in [-0.15, -0.1) is 11.3 Å². The van der Waals surface area contributed by atoms with Crippen molar-refractivity contribution in [2.24, 2.45) is 0 Å². The number of hydrogen-bond donors (Lipinski definition) is 0. The van der Waals surface area contributed by atoms with Gasteiger partial charge in [-0.25, -0.2) is 13.8 Å². The Labute approximate surface area is 304 Å². The van der Waals surface area contributed by atoms with Gasteiger partial charge in [-0.3, -0.25) is 19.2 Å². The van der Waals surface area contributed by atoms with E-state index in [2.05, 4.69) is 17.5 Å². The Morgan fingerprint density at radius 1 is 1.06 bits per heavy atom. The zero-order valence-electron chi connectivity index (χ0n) is 29.8. The second-order valence-electron chi connectivity index (χ2n) is 13.3. The van der Waals surface area contributed by atoms with Crippen LogP contribution in [0, 0.1) is 11.6 Å². The Morgan fingerprint density at radius 2 is 1.87 bits per heavy atom. The van der Waals surface area contributed by atoms with E-state index >= 15 is 4.39 Å². The topological polar surface area (TPSA) is 93.0 Å². The molecule has 0 unspecified atom stereocenters. The number of methoxy groups -OCH3 is 1. The number of pyridine rings is 1. The van der Waals surface area contributed by atoms with E-state index in [1.54, 1.807) is 23.9 Å². The van der Waals surface area contributed by atoms with E-state index in [1.165, 1.54) is 30.6 Å². The van der Waals surface area contributed by atoms with Gasteiger partial charge in [-0.05, 0) is 61.2 Å². The van der Waals surface area contributed by atoms with E-state index < -0.39 is 17.7 Å². The maximum atomic E-state index is 16.2. The predicted molar refractivity (Wildman–Crippen MR) is 197 cm³/mol. The van der Waals surface area contributed by atoms with Gasteiger partial charge in [0.05, 0.1) is 36.1 Å². The number of amides is 2. The highest BCUT2D eigenvalue weighted by Crippen LogP contribution is 2.48. The lowest BCUT2D eigenvalue weighted by Gasteiger charge is -2.35. The lowest BCUT2D eigenvalue weighted by molar-refractivity contribution is -0.134. The average molecular weight is 727 g/mol. The summed E-state index contributed by atoms with van der Waals surface area (Å²) in [5.74, 6) is -1.72. The first kappa shape index (κ1) is 35.4. The number of hydrogen-bond acceptors (Lipinski definition) is 8. The fourth-order valence-corrected chi connectivity index (χ4v) is 8.25. The molecule has 5 aromatic rings. The Bertz CT molecular complexity index is 2210. The standard InChI is InChI=1S/C39H40F2N6O4S/c1-7-32(48)46-13-14-47-30(22(46)2)21-29(43-47)36-34(33-28(41)19-25(40)20-31(33)51-16-15-50-6)38-27(11-17-52-38)35(42-36)24-8-9-26-23(18-24)10-12-45(5)37(26)39(49)44(3)4/h7-9,11,17-22,37H,1,10,12-16H2,2-6H3/t22-,37-/m1/s1. The van der Waals surface area contributed by atoms with Crippen LogP contribution in [0.3, 0.4) is 0 Å². The molecule has 0 saturated carbocycles. The molecular weight excluding hydrogens is 687 g/mol. The van der Waals surface area contributed by atoms with Crippen molar-refractivity contribution in [1.82, 2.24) is 29.5 Å². The Morgan fingerprint density at radius 3 is 2.62 bits per heavy atom. The van der Waals surface area contributed by atoms with Crippen LogP contribution in [0.5, 0.6) is 5.75 Å². The first-order valence-corrected chi connectivity index (χ1v) is 18.0. The molecule has 0 radical (unpaired) electrons. The number of carbonyl (C=O) groups is 2. The van der Waals surface area contributed by atoms with Crippen LogP contribution >= 0.6 is 11.3 Å². The quantitative estimate of drug-likeness (QED) is 0.127. The van der Waals surface area contributed by atoms with Gasteiger partial charge in [-0.1, -0.05) is 18.7 Å². The van der Waals surface area contributed by atoms with Gasteiger partial charge in [0.15, 0.2) is 0 Å². The summed E-state index contributed by atoms with van der Waals surface area (Å²) in [6.07, 6.45) is 2.06. The summed E-state index contributed by atoms with van der Waals surface area (Å²) < 4.78 is 44.7. The summed E-state index contributed by atoms with van der Waals surface area (Å²) in [6, 6.07) is 11.2. The number of nitrogens with zero attached hydrogens (tertiary/aromatic N) is 6. The third-order valence-corrected chi connectivity index (χ3v) is 10.9. The van der Waals surface area contributed by atoms with Crippen molar-refractivity contribution in [3.63, 3.8) is 0 Å². The minimum atomic E-state index is -0.799. The van der Waals surface area contributed by atoms with Gasteiger partial charge in [-0.2, -0.15) is 5.10 Å². The fourth-order valence-electron chi connectivity index (χ4n) is 7.31. The third kappa shape index (κ3) is 6.16. The third-order valence-electron chi connectivity index (χ3n) is 9.94. The van der Waals surface area contributed by atoms with E-state index in [-0.39, 0.29) is 42.4 Å². The number of benzene rings is 2. The first-order valence-electron chi connectivity index (χ1n) is 17.1. The van der Waals surface area contributed by atoms with Gasteiger partial charge >= 0.3 is 0 Å². The zero-order valence-corrected chi connectivity index (χ0v) is 30.6. The summed E-state index contributed by atoms with van der Waals surface area (Å²) in [5.41, 5.74) is 5.68. The summed E-state index contributed by atoms with van der Waals surface area (Å²) >= 11 is 1.42. The molecule has 13 heteroatoms. The molecule has 3 aromatic heterocycles. The summed E-state index contributed by atoms with van der Waals surface area (Å²) in [5, 5.41) is 7.68. The van der Waals surface area contributed by atoms with E-state index in [0.717, 1.165) is 45.0 Å². The molecule has 0 aliphatic carbocycles. The van der Waals surface area contributed by atoms with Gasteiger partial charge in [0, 0.05) is 67.6 Å². The van der Waals surface area contributed by atoms with E-state index in [1.807, 2.05) is 48.3 Å². The van der Waals surface area contributed by atoms with E-state index in [0.29, 0.717) is 42.3 Å². The van der Waals surface area contributed by atoms with Crippen LogP contribution in [0.25, 0.3) is 43.9 Å². The molecule has 2 aromatic carbocycles. The fraction of sp³-hybridized carbons (Fsp3) is 0.333. The number of carbonyl (C=O) groups excluding carboxylic acids is 2. The van der Waals surface area contributed by atoms with Gasteiger partial charge < -0.3 is 19.3 Å². The van der Waals surface area contributed by atoms with Gasteiger partial charge in [0.1, 0.15) is 41.4 Å². The van der Waals surface area contributed by atoms with Crippen molar-refractivity contribution < 1.29 is 27.8 Å². The zero-order chi connectivity index (χ0) is 36.8.